The zero-order valence-corrected chi connectivity index (χ0v) is 11.0. The summed E-state index contributed by atoms with van der Waals surface area (Å²) in [6, 6.07) is 6.67. The van der Waals surface area contributed by atoms with Gasteiger partial charge in [-0.1, -0.05) is 19.8 Å². The third kappa shape index (κ3) is 3.70. The van der Waals surface area contributed by atoms with E-state index in [1.54, 1.807) is 12.1 Å². The Hall–Kier alpha value is -1.09. The van der Waals surface area contributed by atoms with Gasteiger partial charge in [-0.25, -0.2) is 4.39 Å². The van der Waals surface area contributed by atoms with Crippen LogP contribution in [0.3, 0.4) is 0 Å². The molecule has 1 unspecified atom stereocenters. The molecule has 1 aromatic carbocycles. The number of hydrogen-bond donors (Lipinski definition) is 1. The quantitative estimate of drug-likeness (QED) is 0.837. The fraction of sp³-hybridized carbons (Fsp3) is 0.600. The van der Waals surface area contributed by atoms with Crippen molar-refractivity contribution in [2.24, 2.45) is 5.92 Å². The van der Waals surface area contributed by atoms with E-state index in [9.17, 15) is 4.39 Å². The smallest absolute Gasteiger partial charge is 0.123 e. The first-order valence-electron chi connectivity index (χ1n) is 6.91. The molecule has 3 heteroatoms. The van der Waals surface area contributed by atoms with E-state index in [0.29, 0.717) is 12.6 Å². The lowest BCUT2D eigenvalue weighted by atomic mass is 9.99. The molecule has 1 aliphatic rings. The Morgan fingerprint density at radius 1 is 1.28 bits per heavy atom. The number of ether oxygens (including phenoxy) is 1. The predicted octanol–water partition coefficient (Wildman–Crippen LogP) is 3.37. The monoisotopic (exact) mass is 251 g/mol. The van der Waals surface area contributed by atoms with Gasteiger partial charge >= 0.3 is 0 Å². The molecule has 0 radical (unpaired) electrons. The minimum Gasteiger partial charge on any atom is -0.492 e. The molecule has 0 bridgehead atoms. The zero-order chi connectivity index (χ0) is 12.8. The molecule has 1 aliphatic carbocycles. The fourth-order valence-corrected chi connectivity index (χ4v) is 2.70. The molecule has 0 aromatic heterocycles. The highest BCUT2D eigenvalue weighted by molar-refractivity contribution is 5.22. The molecular weight excluding hydrogens is 229 g/mol. The first kappa shape index (κ1) is 13.3. The largest absolute Gasteiger partial charge is 0.492 e. The number of benzene rings is 1. The standard InChI is InChI=1S/C15H22FNO/c1-2-17-15(12-5-3-4-6-12)11-18-14-9-7-13(16)8-10-14/h7-10,12,15,17H,2-6,11H2,1H3. The average molecular weight is 251 g/mol. The molecule has 18 heavy (non-hydrogen) atoms. The summed E-state index contributed by atoms with van der Waals surface area (Å²) in [7, 11) is 0. The van der Waals surface area contributed by atoms with Crippen molar-refractivity contribution in [3.63, 3.8) is 0 Å². The van der Waals surface area contributed by atoms with Gasteiger partial charge in [0.05, 0.1) is 0 Å². The lowest BCUT2D eigenvalue weighted by Crippen LogP contribution is -2.40. The highest BCUT2D eigenvalue weighted by Crippen LogP contribution is 2.28. The molecule has 2 rings (SSSR count). The van der Waals surface area contributed by atoms with Gasteiger partial charge in [-0.3, -0.25) is 0 Å². The van der Waals surface area contributed by atoms with Crippen LogP contribution in [-0.4, -0.2) is 19.2 Å². The molecule has 1 saturated carbocycles. The van der Waals surface area contributed by atoms with Crippen LogP contribution >= 0.6 is 0 Å². The van der Waals surface area contributed by atoms with Crippen LogP contribution in [0.2, 0.25) is 0 Å². The summed E-state index contributed by atoms with van der Waals surface area (Å²) in [5.74, 6) is 1.25. The van der Waals surface area contributed by atoms with Crippen molar-refractivity contribution >= 4 is 0 Å². The van der Waals surface area contributed by atoms with E-state index < -0.39 is 0 Å². The summed E-state index contributed by atoms with van der Waals surface area (Å²) >= 11 is 0. The van der Waals surface area contributed by atoms with E-state index in [0.717, 1.165) is 18.2 Å². The van der Waals surface area contributed by atoms with E-state index in [1.807, 2.05) is 0 Å². The van der Waals surface area contributed by atoms with Gasteiger partial charge in [0.1, 0.15) is 18.2 Å². The molecule has 0 spiro atoms. The van der Waals surface area contributed by atoms with E-state index in [-0.39, 0.29) is 5.82 Å². The second-order valence-electron chi connectivity index (χ2n) is 4.97. The van der Waals surface area contributed by atoms with Crippen LogP contribution in [0.4, 0.5) is 4.39 Å². The van der Waals surface area contributed by atoms with E-state index in [4.69, 9.17) is 4.74 Å². The third-order valence-corrected chi connectivity index (χ3v) is 3.68. The Labute approximate surface area is 109 Å². The van der Waals surface area contributed by atoms with Gasteiger partial charge < -0.3 is 10.1 Å². The average Bonchev–Trinajstić information content (AvgIpc) is 2.90. The summed E-state index contributed by atoms with van der Waals surface area (Å²) < 4.78 is 18.5. The Bertz CT molecular complexity index is 346. The molecule has 1 aromatic rings. The molecule has 0 amide bonds. The topological polar surface area (TPSA) is 21.3 Å². The highest BCUT2D eigenvalue weighted by Gasteiger charge is 2.24. The Morgan fingerprint density at radius 3 is 2.56 bits per heavy atom. The van der Waals surface area contributed by atoms with E-state index in [2.05, 4.69) is 12.2 Å². The Kier molecular flexibility index (Phi) is 5.00. The van der Waals surface area contributed by atoms with E-state index >= 15 is 0 Å². The van der Waals surface area contributed by atoms with Gasteiger partial charge in [0.15, 0.2) is 0 Å². The summed E-state index contributed by atoms with van der Waals surface area (Å²) in [4.78, 5) is 0. The summed E-state index contributed by atoms with van der Waals surface area (Å²) in [6.45, 7) is 3.76. The van der Waals surface area contributed by atoms with Gasteiger partial charge in [-0.05, 0) is 49.6 Å². The molecule has 1 atom stereocenters. The van der Waals surface area contributed by atoms with Crippen LogP contribution in [-0.2, 0) is 0 Å². The predicted molar refractivity (Wildman–Crippen MR) is 71.3 cm³/mol. The maximum atomic E-state index is 12.8. The van der Waals surface area contributed by atoms with Gasteiger partial charge in [-0.2, -0.15) is 0 Å². The number of nitrogens with one attached hydrogen (secondary N) is 1. The zero-order valence-electron chi connectivity index (χ0n) is 11.0. The van der Waals surface area contributed by atoms with Gasteiger partial charge in [-0.15, -0.1) is 0 Å². The second kappa shape index (κ2) is 6.74. The SMILES string of the molecule is CCNC(COc1ccc(F)cc1)C1CCCC1. The van der Waals surface area contributed by atoms with Crippen molar-refractivity contribution in [1.29, 1.82) is 0 Å². The highest BCUT2D eigenvalue weighted by atomic mass is 19.1. The number of likely N-dealkylation sites (N-methyl/N-ethyl adjacent to an activating group) is 1. The van der Waals surface area contributed by atoms with Gasteiger partial charge in [0, 0.05) is 6.04 Å². The van der Waals surface area contributed by atoms with Crippen LogP contribution in [0.15, 0.2) is 24.3 Å². The Balaban J connectivity index is 1.86. The maximum absolute atomic E-state index is 12.8. The summed E-state index contributed by atoms with van der Waals surface area (Å²) in [5, 5.41) is 3.51. The van der Waals surface area contributed by atoms with Gasteiger partial charge in [0.2, 0.25) is 0 Å². The second-order valence-corrected chi connectivity index (χ2v) is 4.97. The van der Waals surface area contributed by atoms with Crippen LogP contribution in [0.5, 0.6) is 5.75 Å². The molecule has 2 nitrogen and oxygen atoms in total. The molecule has 100 valence electrons. The molecule has 1 N–H and O–H groups in total. The Morgan fingerprint density at radius 2 is 1.94 bits per heavy atom. The van der Waals surface area contributed by atoms with Crippen molar-refractivity contribution in [2.45, 2.75) is 38.6 Å². The molecule has 0 saturated heterocycles. The minimum atomic E-state index is -0.221. The first-order chi connectivity index (χ1) is 8.79. The molecule has 1 fully saturated rings. The number of halogens is 1. The number of rotatable bonds is 6. The van der Waals surface area contributed by atoms with Crippen LogP contribution in [0.25, 0.3) is 0 Å². The lowest BCUT2D eigenvalue weighted by Gasteiger charge is -2.24. The lowest BCUT2D eigenvalue weighted by molar-refractivity contribution is 0.219. The van der Waals surface area contributed by atoms with Crippen molar-refractivity contribution in [1.82, 2.24) is 5.32 Å². The first-order valence-corrected chi connectivity index (χ1v) is 6.91. The summed E-state index contributed by atoms with van der Waals surface area (Å²) in [5.41, 5.74) is 0. The van der Waals surface area contributed by atoms with Crippen molar-refractivity contribution in [3.05, 3.63) is 30.1 Å². The van der Waals surface area contributed by atoms with Gasteiger partial charge in [0.25, 0.3) is 0 Å². The third-order valence-electron chi connectivity index (χ3n) is 3.68. The maximum Gasteiger partial charge on any atom is 0.123 e. The van der Waals surface area contributed by atoms with Crippen molar-refractivity contribution in [3.8, 4) is 5.75 Å². The van der Waals surface area contributed by atoms with Crippen LogP contribution < -0.4 is 10.1 Å². The van der Waals surface area contributed by atoms with Crippen LogP contribution in [0.1, 0.15) is 32.6 Å². The van der Waals surface area contributed by atoms with Crippen LogP contribution in [0, 0.1) is 11.7 Å². The fourth-order valence-electron chi connectivity index (χ4n) is 2.70. The molecule has 0 heterocycles. The normalized spacial score (nSPS) is 17.9. The van der Waals surface area contributed by atoms with Crippen molar-refractivity contribution < 1.29 is 9.13 Å². The van der Waals surface area contributed by atoms with Crippen molar-refractivity contribution in [2.75, 3.05) is 13.2 Å². The minimum absolute atomic E-state index is 0.221. The molecule has 0 aliphatic heterocycles. The molecular formula is C15H22FNO. The van der Waals surface area contributed by atoms with E-state index in [1.165, 1.54) is 37.8 Å². The number of hydrogen-bond acceptors (Lipinski definition) is 2. The summed E-state index contributed by atoms with van der Waals surface area (Å²) in [6.07, 6.45) is 5.26.